The molecule has 0 saturated carbocycles. The Morgan fingerprint density at radius 2 is 1.72 bits per heavy atom. The highest BCUT2D eigenvalue weighted by Crippen LogP contribution is 2.28. The Kier molecular flexibility index (Phi) is 4.77. The molecule has 102 valence electrons. The number of benzene rings is 1. The standard InChI is InChI=1S/C15H25NO2/c1-5-14(2,3)12-6-8-13(9-7-12)18-11-15(4,17)10-16/h6-9,17H,5,10-11,16H2,1-4H3. The maximum absolute atomic E-state index is 9.76. The van der Waals surface area contributed by atoms with Crippen LogP contribution in [0.25, 0.3) is 0 Å². The molecule has 0 amide bonds. The van der Waals surface area contributed by atoms with Gasteiger partial charge in [0.15, 0.2) is 0 Å². The van der Waals surface area contributed by atoms with Crippen LogP contribution in [-0.4, -0.2) is 23.9 Å². The van der Waals surface area contributed by atoms with Crippen LogP contribution in [0.3, 0.4) is 0 Å². The highest BCUT2D eigenvalue weighted by atomic mass is 16.5. The highest BCUT2D eigenvalue weighted by Gasteiger charge is 2.20. The van der Waals surface area contributed by atoms with E-state index in [1.807, 2.05) is 12.1 Å². The summed E-state index contributed by atoms with van der Waals surface area (Å²) in [6.07, 6.45) is 1.09. The van der Waals surface area contributed by atoms with E-state index in [1.54, 1.807) is 6.92 Å². The molecule has 3 N–H and O–H groups in total. The van der Waals surface area contributed by atoms with Crippen LogP contribution < -0.4 is 10.5 Å². The van der Waals surface area contributed by atoms with Gasteiger partial charge < -0.3 is 15.6 Å². The highest BCUT2D eigenvalue weighted by molar-refractivity contribution is 5.31. The van der Waals surface area contributed by atoms with Crippen LogP contribution in [0.2, 0.25) is 0 Å². The molecule has 3 heteroatoms. The van der Waals surface area contributed by atoms with E-state index in [4.69, 9.17) is 10.5 Å². The summed E-state index contributed by atoms with van der Waals surface area (Å²) >= 11 is 0. The average molecular weight is 251 g/mol. The van der Waals surface area contributed by atoms with Crippen LogP contribution in [0.5, 0.6) is 5.75 Å². The first-order valence-electron chi connectivity index (χ1n) is 6.46. The summed E-state index contributed by atoms with van der Waals surface area (Å²) in [6, 6.07) is 8.05. The molecule has 1 aromatic carbocycles. The van der Waals surface area contributed by atoms with Gasteiger partial charge in [0.05, 0.1) is 0 Å². The van der Waals surface area contributed by atoms with Gasteiger partial charge in [0.2, 0.25) is 0 Å². The molecular weight excluding hydrogens is 226 g/mol. The third kappa shape index (κ3) is 4.00. The lowest BCUT2D eigenvalue weighted by molar-refractivity contribution is 0.0195. The quantitative estimate of drug-likeness (QED) is 0.816. The Hall–Kier alpha value is -1.06. The maximum atomic E-state index is 9.76. The van der Waals surface area contributed by atoms with E-state index in [-0.39, 0.29) is 18.6 Å². The van der Waals surface area contributed by atoms with Gasteiger partial charge in [-0.2, -0.15) is 0 Å². The largest absolute Gasteiger partial charge is 0.491 e. The minimum absolute atomic E-state index is 0.182. The predicted octanol–water partition coefficient (Wildman–Crippen LogP) is 2.46. The molecule has 0 aliphatic carbocycles. The molecule has 1 aromatic rings. The second kappa shape index (κ2) is 5.72. The second-order valence-corrected chi connectivity index (χ2v) is 5.75. The molecule has 0 heterocycles. The lowest BCUT2D eigenvalue weighted by atomic mass is 9.82. The smallest absolute Gasteiger partial charge is 0.119 e. The van der Waals surface area contributed by atoms with E-state index >= 15 is 0 Å². The van der Waals surface area contributed by atoms with Gasteiger partial charge in [-0.05, 0) is 36.5 Å². The van der Waals surface area contributed by atoms with Crippen molar-refractivity contribution in [3.8, 4) is 5.75 Å². The Morgan fingerprint density at radius 1 is 1.17 bits per heavy atom. The van der Waals surface area contributed by atoms with Crippen LogP contribution >= 0.6 is 0 Å². The van der Waals surface area contributed by atoms with Gasteiger partial charge in [-0.15, -0.1) is 0 Å². The first-order chi connectivity index (χ1) is 8.30. The van der Waals surface area contributed by atoms with Crippen LogP contribution in [0.1, 0.15) is 39.7 Å². The van der Waals surface area contributed by atoms with Gasteiger partial charge >= 0.3 is 0 Å². The van der Waals surface area contributed by atoms with Crippen molar-refractivity contribution in [1.82, 2.24) is 0 Å². The molecule has 0 bridgehead atoms. The molecular formula is C15H25NO2. The van der Waals surface area contributed by atoms with Crippen molar-refractivity contribution in [2.45, 2.75) is 45.1 Å². The zero-order valence-corrected chi connectivity index (χ0v) is 11.9. The Bertz CT molecular complexity index is 369. The van der Waals surface area contributed by atoms with Crippen LogP contribution in [0.15, 0.2) is 24.3 Å². The fourth-order valence-corrected chi connectivity index (χ4v) is 1.50. The summed E-state index contributed by atoms with van der Waals surface area (Å²) in [5.41, 5.74) is 5.95. The Balaban J connectivity index is 2.67. The molecule has 0 radical (unpaired) electrons. The number of hydrogen-bond donors (Lipinski definition) is 2. The third-order valence-electron chi connectivity index (χ3n) is 3.51. The molecule has 0 aromatic heterocycles. The van der Waals surface area contributed by atoms with Crippen molar-refractivity contribution in [3.05, 3.63) is 29.8 Å². The summed E-state index contributed by atoms with van der Waals surface area (Å²) in [4.78, 5) is 0. The first-order valence-corrected chi connectivity index (χ1v) is 6.46. The Morgan fingerprint density at radius 3 is 2.17 bits per heavy atom. The summed E-state index contributed by atoms with van der Waals surface area (Å²) in [5.74, 6) is 0.763. The number of rotatable bonds is 6. The van der Waals surface area contributed by atoms with E-state index in [9.17, 15) is 5.11 Å². The minimum atomic E-state index is -0.971. The van der Waals surface area contributed by atoms with E-state index in [0.717, 1.165) is 12.2 Å². The molecule has 1 unspecified atom stereocenters. The van der Waals surface area contributed by atoms with Crippen LogP contribution in [0.4, 0.5) is 0 Å². The molecule has 1 rings (SSSR count). The van der Waals surface area contributed by atoms with Crippen molar-refractivity contribution in [2.75, 3.05) is 13.2 Å². The van der Waals surface area contributed by atoms with Gasteiger partial charge in [0.25, 0.3) is 0 Å². The van der Waals surface area contributed by atoms with Gasteiger partial charge in [-0.25, -0.2) is 0 Å². The Labute approximate surface area is 110 Å². The zero-order valence-electron chi connectivity index (χ0n) is 11.9. The molecule has 18 heavy (non-hydrogen) atoms. The van der Waals surface area contributed by atoms with E-state index in [2.05, 4.69) is 32.9 Å². The monoisotopic (exact) mass is 251 g/mol. The van der Waals surface area contributed by atoms with E-state index in [0.29, 0.717) is 0 Å². The van der Waals surface area contributed by atoms with Crippen molar-refractivity contribution in [2.24, 2.45) is 5.73 Å². The first kappa shape index (κ1) is 15.0. The van der Waals surface area contributed by atoms with Crippen molar-refractivity contribution in [3.63, 3.8) is 0 Å². The SMILES string of the molecule is CCC(C)(C)c1ccc(OCC(C)(O)CN)cc1. The third-order valence-corrected chi connectivity index (χ3v) is 3.51. The van der Waals surface area contributed by atoms with Crippen molar-refractivity contribution < 1.29 is 9.84 Å². The summed E-state index contributed by atoms with van der Waals surface area (Å²) in [7, 11) is 0. The number of aliphatic hydroxyl groups is 1. The van der Waals surface area contributed by atoms with Gasteiger partial charge in [0, 0.05) is 6.54 Å². The fraction of sp³-hybridized carbons (Fsp3) is 0.600. The number of hydrogen-bond acceptors (Lipinski definition) is 3. The summed E-state index contributed by atoms with van der Waals surface area (Å²) in [6.45, 7) is 8.70. The predicted molar refractivity (Wildman–Crippen MR) is 74.9 cm³/mol. The number of ether oxygens (including phenoxy) is 1. The lowest BCUT2D eigenvalue weighted by Gasteiger charge is -2.24. The zero-order chi connectivity index (χ0) is 13.8. The molecule has 1 atom stereocenters. The normalized spacial score (nSPS) is 15.2. The van der Waals surface area contributed by atoms with Gasteiger partial charge in [-0.1, -0.05) is 32.9 Å². The van der Waals surface area contributed by atoms with E-state index in [1.165, 1.54) is 5.56 Å². The summed E-state index contributed by atoms with van der Waals surface area (Å²) in [5, 5.41) is 9.76. The molecule has 0 spiro atoms. The fourth-order valence-electron chi connectivity index (χ4n) is 1.50. The van der Waals surface area contributed by atoms with Crippen molar-refractivity contribution in [1.29, 1.82) is 0 Å². The maximum Gasteiger partial charge on any atom is 0.119 e. The molecule has 0 aliphatic rings. The van der Waals surface area contributed by atoms with Crippen LogP contribution in [0, 0.1) is 0 Å². The topological polar surface area (TPSA) is 55.5 Å². The average Bonchev–Trinajstić information content (AvgIpc) is 2.37. The minimum Gasteiger partial charge on any atom is -0.491 e. The lowest BCUT2D eigenvalue weighted by Crippen LogP contribution is -2.40. The molecule has 0 saturated heterocycles. The van der Waals surface area contributed by atoms with Gasteiger partial charge in [-0.3, -0.25) is 0 Å². The van der Waals surface area contributed by atoms with E-state index < -0.39 is 5.60 Å². The number of nitrogens with two attached hydrogens (primary N) is 1. The summed E-state index contributed by atoms with van der Waals surface area (Å²) < 4.78 is 5.53. The van der Waals surface area contributed by atoms with Crippen molar-refractivity contribution >= 4 is 0 Å². The molecule has 3 nitrogen and oxygen atoms in total. The molecule has 0 aliphatic heterocycles. The van der Waals surface area contributed by atoms with Gasteiger partial charge in [0.1, 0.15) is 18.0 Å². The second-order valence-electron chi connectivity index (χ2n) is 5.75. The molecule has 0 fully saturated rings. The van der Waals surface area contributed by atoms with Crippen LogP contribution in [-0.2, 0) is 5.41 Å².